The average molecular weight is 575 g/mol. The zero-order valence-corrected chi connectivity index (χ0v) is 24.0. The van der Waals surface area contributed by atoms with Gasteiger partial charge in [0.2, 0.25) is 0 Å². The maximum atomic E-state index is 13.2. The molecular weight excluding hydrogens is 536 g/mol. The molecule has 8 nitrogen and oxygen atoms in total. The highest BCUT2D eigenvalue weighted by Crippen LogP contribution is 2.31. The molecule has 0 aromatic heterocycles. The molecule has 1 aliphatic heterocycles. The Morgan fingerprint density at radius 2 is 1.43 bits per heavy atom. The highest BCUT2D eigenvalue weighted by Gasteiger charge is 2.51. The van der Waals surface area contributed by atoms with Crippen molar-refractivity contribution in [1.82, 2.24) is 0 Å². The van der Waals surface area contributed by atoms with Crippen LogP contribution in [0.1, 0.15) is 34.8 Å². The van der Waals surface area contributed by atoms with Crippen LogP contribution in [0.25, 0.3) is 0 Å². The molecule has 1 fully saturated rings. The van der Waals surface area contributed by atoms with E-state index in [1.807, 2.05) is 67.6 Å². The third-order valence-corrected chi connectivity index (χ3v) is 6.91. The van der Waals surface area contributed by atoms with Crippen LogP contribution < -0.4 is 0 Å². The lowest BCUT2D eigenvalue weighted by Crippen LogP contribution is -2.62. The summed E-state index contributed by atoms with van der Waals surface area (Å²) in [6.45, 7) is 6.30. The van der Waals surface area contributed by atoms with E-state index in [9.17, 15) is 9.59 Å². The van der Waals surface area contributed by atoms with Gasteiger partial charge in [0.15, 0.2) is 18.5 Å². The predicted octanol–water partition coefficient (Wildman–Crippen LogP) is 5.51. The van der Waals surface area contributed by atoms with Crippen LogP contribution in [-0.2, 0) is 46.4 Å². The quantitative estimate of drug-likeness (QED) is 0.184. The molecule has 42 heavy (non-hydrogen) atoms. The second-order valence-corrected chi connectivity index (χ2v) is 10.1. The molecule has 8 heteroatoms. The first-order chi connectivity index (χ1) is 20.5. The van der Waals surface area contributed by atoms with E-state index in [1.54, 1.807) is 36.4 Å². The Morgan fingerprint density at radius 1 is 0.833 bits per heavy atom. The van der Waals surface area contributed by atoms with Crippen LogP contribution >= 0.6 is 0 Å². The average Bonchev–Trinajstić information content (AvgIpc) is 3.02. The molecule has 0 unspecified atom stereocenters. The monoisotopic (exact) mass is 574 g/mol. The molecule has 1 aliphatic rings. The van der Waals surface area contributed by atoms with Crippen molar-refractivity contribution in [2.24, 2.45) is 5.92 Å². The van der Waals surface area contributed by atoms with Crippen LogP contribution in [0, 0.1) is 5.92 Å². The third-order valence-electron chi connectivity index (χ3n) is 6.91. The SMILES string of the molecule is C=C[C@@H](C)CC(=O)O[C@@H]1[C@H](OC(=O)c2ccccc2)[C@@H](OC)O[C@H](COCc2ccccc2)[C@H]1OCc1ccccc1. The van der Waals surface area contributed by atoms with Gasteiger partial charge in [0.25, 0.3) is 0 Å². The standard InChI is InChI=1S/C34H38O8/c1-4-24(2)20-29(35)41-31-30(39-22-26-16-10-6-11-17-26)28(23-38-21-25-14-8-5-9-15-25)40-34(37-3)32(31)42-33(36)27-18-12-7-13-19-27/h4-19,24,28,30-32,34H,1,20-23H2,2-3H3/t24-,28-,30-,31+,32+,34+/m1/s1. The summed E-state index contributed by atoms with van der Waals surface area (Å²) >= 11 is 0. The number of rotatable bonds is 14. The lowest BCUT2D eigenvalue weighted by atomic mass is 9.97. The van der Waals surface area contributed by atoms with E-state index in [1.165, 1.54) is 7.11 Å². The fraction of sp³-hybridized carbons (Fsp3) is 0.353. The Morgan fingerprint density at radius 3 is 2.02 bits per heavy atom. The minimum absolute atomic E-state index is 0.0957. The summed E-state index contributed by atoms with van der Waals surface area (Å²) in [6, 6.07) is 27.9. The summed E-state index contributed by atoms with van der Waals surface area (Å²) < 4.78 is 36.3. The Hall–Kier alpha value is -3.82. The fourth-order valence-electron chi connectivity index (χ4n) is 4.61. The van der Waals surface area contributed by atoms with Crippen LogP contribution in [0.2, 0.25) is 0 Å². The summed E-state index contributed by atoms with van der Waals surface area (Å²) in [5.74, 6) is -1.20. The third kappa shape index (κ3) is 8.84. The van der Waals surface area contributed by atoms with Crippen LogP contribution in [0.4, 0.5) is 0 Å². The topological polar surface area (TPSA) is 89.5 Å². The van der Waals surface area contributed by atoms with Gasteiger partial charge < -0.3 is 28.4 Å². The van der Waals surface area contributed by atoms with Crippen molar-refractivity contribution in [2.45, 2.75) is 57.3 Å². The van der Waals surface area contributed by atoms with Gasteiger partial charge in [-0.05, 0) is 29.2 Å². The van der Waals surface area contributed by atoms with Gasteiger partial charge in [-0.2, -0.15) is 0 Å². The van der Waals surface area contributed by atoms with Gasteiger partial charge in [0, 0.05) is 7.11 Å². The molecule has 1 saturated heterocycles. The molecule has 0 bridgehead atoms. The number of ether oxygens (including phenoxy) is 6. The zero-order valence-electron chi connectivity index (χ0n) is 24.0. The summed E-state index contributed by atoms with van der Waals surface area (Å²) in [7, 11) is 1.44. The fourth-order valence-corrected chi connectivity index (χ4v) is 4.61. The smallest absolute Gasteiger partial charge is 0.338 e. The van der Waals surface area contributed by atoms with E-state index in [2.05, 4.69) is 6.58 Å². The summed E-state index contributed by atoms with van der Waals surface area (Å²) in [6.07, 6.45) is -2.98. The Balaban J connectivity index is 1.62. The largest absolute Gasteiger partial charge is 0.455 e. The molecule has 4 rings (SSSR count). The number of benzene rings is 3. The van der Waals surface area contributed by atoms with Crippen molar-refractivity contribution in [3.8, 4) is 0 Å². The normalized spacial score (nSPS) is 22.6. The Bertz CT molecular complexity index is 1250. The van der Waals surface area contributed by atoms with E-state index in [0.717, 1.165) is 11.1 Å². The van der Waals surface area contributed by atoms with Gasteiger partial charge in [-0.15, -0.1) is 6.58 Å². The zero-order chi connectivity index (χ0) is 29.7. The van der Waals surface area contributed by atoms with Crippen LogP contribution in [-0.4, -0.2) is 56.4 Å². The van der Waals surface area contributed by atoms with Gasteiger partial charge in [0.1, 0.15) is 12.2 Å². The summed E-state index contributed by atoms with van der Waals surface area (Å²) in [5, 5.41) is 0. The molecule has 0 spiro atoms. The number of hydrogen-bond acceptors (Lipinski definition) is 8. The molecule has 0 amide bonds. The highest BCUT2D eigenvalue weighted by molar-refractivity contribution is 5.89. The van der Waals surface area contributed by atoms with Crippen molar-refractivity contribution >= 4 is 11.9 Å². The first-order valence-corrected chi connectivity index (χ1v) is 14.0. The second kappa shape index (κ2) is 16.0. The maximum absolute atomic E-state index is 13.2. The van der Waals surface area contributed by atoms with Crippen molar-refractivity contribution in [3.63, 3.8) is 0 Å². The van der Waals surface area contributed by atoms with Gasteiger partial charge in [-0.1, -0.05) is 91.9 Å². The number of methoxy groups -OCH3 is 1. The molecule has 1 heterocycles. The van der Waals surface area contributed by atoms with Crippen molar-refractivity contribution in [2.75, 3.05) is 13.7 Å². The van der Waals surface area contributed by atoms with E-state index in [-0.39, 0.29) is 25.6 Å². The van der Waals surface area contributed by atoms with E-state index >= 15 is 0 Å². The van der Waals surface area contributed by atoms with Crippen LogP contribution in [0.3, 0.4) is 0 Å². The van der Waals surface area contributed by atoms with E-state index < -0.39 is 42.6 Å². The number of hydrogen-bond donors (Lipinski definition) is 0. The molecule has 0 aliphatic carbocycles. The molecule has 3 aromatic carbocycles. The van der Waals surface area contributed by atoms with Crippen LogP contribution in [0.15, 0.2) is 104 Å². The predicted molar refractivity (Wildman–Crippen MR) is 156 cm³/mol. The lowest BCUT2D eigenvalue weighted by molar-refractivity contribution is -0.306. The van der Waals surface area contributed by atoms with E-state index in [0.29, 0.717) is 12.2 Å². The molecule has 0 N–H and O–H groups in total. The molecule has 222 valence electrons. The van der Waals surface area contributed by atoms with E-state index in [4.69, 9.17) is 28.4 Å². The Kier molecular flexibility index (Phi) is 11.8. The van der Waals surface area contributed by atoms with Crippen molar-refractivity contribution < 1.29 is 38.0 Å². The van der Waals surface area contributed by atoms with Gasteiger partial charge in [-0.25, -0.2) is 4.79 Å². The number of carbonyl (C=O) groups excluding carboxylic acids is 2. The second-order valence-electron chi connectivity index (χ2n) is 10.1. The van der Waals surface area contributed by atoms with Gasteiger partial charge in [0.05, 0.1) is 31.8 Å². The molecule has 0 saturated carbocycles. The summed E-state index contributed by atoms with van der Waals surface area (Å²) in [5.41, 5.74) is 2.25. The van der Waals surface area contributed by atoms with Crippen molar-refractivity contribution in [1.29, 1.82) is 0 Å². The van der Waals surface area contributed by atoms with Crippen molar-refractivity contribution in [3.05, 3.63) is 120 Å². The van der Waals surface area contributed by atoms with Crippen LogP contribution in [0.5, 0.6) is 0 Å². The Labute approximate surface area is 247 Å². The molecule has 3 aromatic rings. The molecule has 0 radical (unpaired) electrons. The minimum Gasteiger partial charge on any atom is -0.455 e. The summed E-state index contributed by atoms with van der Waals surface area (Å²) in [4.78, 5) is 26.3. The number of allylic oxidation sites excluding steroid dienone is 1. The minimum atomic E-state index is -1.11. The molecular formula is C34H38O8. The molecule has 6 atom stereocenters. The maximum Gasteiger partial charge on any atom is 0.338 e. The number of esters is 2. The first-order valence-electron chi connectivity index (χ1n) is 14.0. The van der Waals surface area contributed by atoms with Gasteiger partial charge in [-0.3, -0.25) is 4.79 Å². The van der Waals surface area contributed by atoms with Gasteiger partial charge >= 0.3 is 11.9 Å². The number of carbonyl (C=O) groups is 2. The first kappa shape index (κ1) is 31.1. The highest BCUT2D eigenvalue weighted by atomic mass is 16.7. The lowest BCUT2D eigenvalue weighted by Gasteiger charge is -2.44.